The summed E-state index contributed by atoms with van der Waals surface area (Å²) in [5, 5.41) is 22.0. The molecule has 1 saturated carbocycles. The average molecular weight is 400 g/mol. The van der Waals surface area contributed by atoms with Gasteiger partial charge >= 0.3 is 0 Å². The van der Waals surface area contributed by atoms with Crippen molar-refractivity contribution in [2.24, 2.45) is 0 Å². The summed E-state index contributed by atoms with van der Waals surface area (Å²) in [6.45, 7) is 2.49. The zero-order chi connectivity index (χ0) is 18.4. The van der Waals surface area contributed by atoms with E-state index < -0.39 is 0 Å². The molecule has 5 rings (SSSR count). The summed E-state index contributed by atoms with van der Waals surface area (Å²) in [4.78, 5) is 12.7. The van der Waals surface area contributed by atoms with Crippen LogP contribution in [0.5, 0.6) is 0 Å². The molecule has 8 nitrogen and oxygen atoms in total. The Morgan fingerprint density at radius 3 is 2.89 bits per heavy atom. The minimum Gasteiger partial charge on any atom is -0.357 e. The van der Waals surface area contributed by atoms with E-state index in [2.05, 4.69) is 25.7 Å². The summed E-state index contributed by atoms with van der Waals surface area (Å²) >= 11 is 3.14. The molecule has 27 heavy (non-hydrogen) atoms. The summed E-state index contributed by atoms with van der Waals surface area (Å²) in [6.07, 6.45) is 2.42. The van der Waals surface area contributed by atoms with E-state index in [1.54, 1.807) is 27.7 Å². The fourth-order valence-corrected chi connectivity index (χ4v) is 4.79. The van der Waals surface area contributed by atoms with Crippen molar-refractivity contribution in [1.82, 2.24) is 29.4 Å². The van der Waals surface area contributed by atoms with Gasteiger partial charge in [0, 0.05) is 12.6 Å². The number of fused-ring (bicyclic) bond motifs is 3. The highest BCUT2D eigenvalue weighted by Gasteiger charge is 2.22. The van der Waals surface area contributed by atoms with Crippen LogP contribution < -0.4 is 10.9 Å². The molecule has 138 valence electrons. The van der Waals surface area contributed by atoms with E-state index in [1.165, 1.54) is 12.8 Å². The van der Waals surface area contributed by atoms with Gasteiger partial charge in [0.25, 0.3) is 5.56 Å². The lowest BCUT2D eigenvalue weighted by Crippen LogP contribution is -2.22. The molecule has 3 heterocycles. The molecule has 0 saturated heterocycles. The molecule has 4 aromatic rings. The molecule has 0 amide bonds. The number of nitrogens with zero attached hydrogens (tertiary/aromatic N) is 6. The number of para-hydroxylation sites is 1. The van der Waals surface area contributed by atoms with Gasteiger partial charge in [0.15, 0.2) is 4.34 Å². The van der Waals surface area contributed by atoms with Gasteiger partial charge in [-0.2, -0.15) is 0 Å². The first-order valence-corrected chi connectivity index (χ1v) is 10.6. The van der Waals surface area contributed by atoms with Gasteiger partial charge in [-0.15, -0.1) is 20.4 Å². The first kappa shape index (κ1) is 16.7. The van der Waals surface area contributed by atoms with Gasteiger partial charge < -0.3 is 5.32 Å². The van der Waals surface area contributed by atoms with Gasteiger partial charge in [0.1, 0.15) is 5.82 Å². The Morgan fingerprint density at radius 2 is 2.07 bits per heavy atom. The molecular formula is C17H17N7OS2. The van der Waals surface area contributed by atoms with Crippen molar-refractivity contribution in [3.05, 3.63) is 40.4 Å². The van der Waals surface area contributed by atoms with E-state index in [0.717, 1.165) is 20.8 Å². The monoisotopic (exact) mass is 399 g/mol. The quantitative estimate of drug-likeness (QED) is 0.499. The van der Waals surface area contributed by atoms with E-state index in [4.69, 9.17) is 0 Å². The summed E-state index contributed by atoms with van der Waals surface area (Å²) in [5.41, 5.74) is 0.795. The number of aromatic nitrogens is 6. The van der Waals surface area contributed by atoms with Gasteiger partial charge in [-0.3, -0.25) is 13.8 Å². The predicted octanol–water partition coefficient (Wildman–Crippen LogP) is 2.78. The molecule has 1 fully saturated rings. The molecule has 1 N–H and O–H groups in total. The Kier molecular flexibility index (Phi) is 4.09. The van der Waals surface area contributed by atoms with Crippen LogP contribution in [0.1, 0.15) is 25.6 Å². The lowest BCUT2D eigenvalue weighted by molar-refractivity contribution is 0.735. The molecule has 0 spiro atoms. The molecule has 0 atom stereocenters. The summed E-state index contributed by atoms with van der Waals surface area (Å²) < 4.78 is 4.52. The minimum atomic E-state index is -0.0351. The molecule has 0 aliphatic heterocycles. The second kappa shape index (κ2) is 6.61. The maximum Gasteiger partial charge on any atom is 0.262 e. The second-order valence-corrected chi connectivity index (χ2v) is 8.60. The molecule has 0 radical (unpaired) electrons. The molecule has 0 bridgehead atoms. The van der Waals surface area contributed by atoms with Crippen LogP contribution in [0, 0.1) is 0 Å². The summed E-state index contributed by atoms with van der Waals surface area (Å²) in [5.74, 6) is 1.97. The average Bonchev–Trinajstić information content (AvgIpc) is 3.22. The van der Waals surface area contributed by atoms with Gasteiger partial charge in [-0.05, 0) is 31.9 Å². The molecule has 10 heteroatoms. The van der Waals surface area contributed by atoms with Crippen LogP contribution in [0.25, 0.3) is 16.7 Å². The fourth-order valence-electron chi connectivity index (χ4n) is 3.05. The fraction of sp³-hybridized carbons (Fsp3) is 0.353. The summed E-state index contributed by atoms with van der Waals surface area (Å²) in [7, 11) is 0. The van der Waals surface area contributed by atoms with Gasteiger partial charge in [0.2, 0.25) is 10.9 Å². The third-order valence-electron chi connectivity index (χ3n) is 4.53. The van der Waals surface area contributed by atoms with E-state index in [-0.39, 0.29) is 5.56 Å². The topological polar surface area (TPSA) is 90.0 Å². The molecule has 1 aromatic carbocycles. The number of hydrogen-bond acceptors (Lipinski definition) is 8. The number of rotatable bonds is 6. The third-order valence-corrected chi connectivity index (χ3v) is 6.51. The van der Waals surface area contributed by atoms with Crippen LogP contribution in [-0.2, 0) is 12.3 Å². The van der Waals surface area contributed by atoms with Crippen molar-refractivity contribution >= 4 is 44.9 Å². The molecule has 3 aromatic heterocycles. The SMILES string of the molecule is CCn1c(=O)c2ccccc2n2c(CSc3nnc(NC4CC4)s3)nnc12. The van der Waals surface area contributed by atoms with Crippen LogP contribution in [0.3, 0.4) is 0 Å². The maximum absolute atomic E-state index is 12.7. The zero-order valence-electron chi connectivity index (χ0n) is 14.6. The lowest BCUT2D eigenvalue weighted by atomic mass is 10.2. The Labute approximate surface area is 162 Å². The largest absolute Gasteiger partial charge is 0.357 e. The van der Waals surface area contributed by atoms with Crippen molar-refractivity contribution in [1.29, 1.82) is 0 Å². The highest BCUT2D eigenvalue weighted by atomic mass is 32.2. The summed E-state index contributed by atoms with van der Waals surface area (Å²) in [6, 6.07) is 8.15. The van der Waals surface area contributed by atoms with Crippen LogP contribution >= 0.6 is 23.1 Å². The number of benzene rings is 1. The van der Waals surface area contributed by atoms with Crippen molar-refractivity contribution < 1.29 is 0 Å². The highest BCUT2D eigenvalue weighted by Crippen LogP contribution is 2.31. The molecular weight excluding hydrogens is 382 g/mol. The Morgan fingerprint density at radius 1 is 1.22 bits per heavy atom. The molecule has 1 aliphatic carbocycles. The van der Waals surface area contributed by atoms with Crippen LogP contribution in [0.4, 0.5) is 5.13 Å². The van der Waals surface area contributed by atoms with Crippen molar-refractivity contribution in [2.45, 2.75) is 42.4 Å². The third kappa shape index (κ3) is 2.98. The first-order valence-electron chi connectivity index (χ1n) is 8.83. The molecule has 1 aliphatic rings. The second-order valence-electron chi connectivity index (χ2n) is 6.40. The zero-order valence-corrected chi connectivity index (χ0v) is 16.3. The number of anilines is 1. The van der Waals surface area contributed by atoms with E-state index >= 15 is 0 Å². The molecule has 0 unspecified atom stereocenters. The number of nitrogens with one attached hydrogen (secondary N) is 1. The number of thioether (sulfide) groups is 1. The maximum atomic E-state index is 12.7. The van der Waals surface area contributed by atoms with Gasteiger partial charge in [-0.25, -0.2) is 0 Å². The minimum absolute atomic E-state index is 0.0351. The van der Waals surface area contributed by atoms with Crippen LogP contribution in [0.2, 0.25) is 0 Å². The van der Waals surface area contributed by atoms with E-state index in [9.17, 15) is 4.79 Å². The normalized spacial score (nSPS) is 14.3. The van der Waals surface area contributed by atoms with Gasteiger partial charge in [-0.1, -0.05) is 35.2 Å². The Bertz CT molecular complexity index is 1190. The lowest BCUT2D eigenvalue weighted by Gasteiger charge is -2.09. The highest BCUT2D eigenvalue weighted by molar-refractivity contribution is 8.00. The Hall–Kier alpha value is -2.46. The predicted molar refractivity (Wildman–Crippen MR) is 107 cm³/mol. The number of aryl methyl sites for hydroxylation is 1. The Balaban J connectivity index is 1.51. The van der Waals surface area contributed by atoms with Crippen LogP contribution in [0.15, 0.2) is 33.4 Å². The van der Waals surface area contributed by atoms with Crippen molar-refractivity contribution in [3.63, 3.8) is 0 Å². The van der Waals surface area contributed by atoms with Gasteiger partial charge in [0.05, 0.1) is 16.7 Å². The first-order chi connectivity index (χ1) is 13.2. The smallest absolute Gasteiger partial charge is 0.262 e. The van der Waals surface area contributed by atoms with Crippen molar-refractivity contribution in [3.8, 4) is 0 Å². The van der Waals surface area contributed by atoms with Crippen molar-refractivity contribution in [2.75, 3.05) is 5.32 Å². The number of hydrogen-bond donors (Lipinski definition) is 1. The standard InChI is InChI=1S/C17H17N7OS2/c1-2-23-14(25)11-5-3-4-6-12(11)24-13(19-21-16(23)24)9-26-17-22-20-15(27-17)18-10-7-8-10/h3-6,10H,2,7-9H2,1H3,(H,18,20). The van der Waals surface area contributed by atoms with E-state index in [0.29, 0.717) is 29.5 Å². The van der Waals surface area contributed by atoms with E-state index in [1.807, 2.05) is 35.6 Å². The van der Waals surface area contributed by atoms with Crippen LogP contribution in [-0.4, -0.2) is 35.4 Å².